The van der Waals surface area contributed by atoms with Gasteiger partial charge >= 0.3 is 5.63 Å². The Balaban J connectivity index is 2.00. The Morgan fingerprint density at radius 2 is 2.06 bits per heavy atom. The van der Waals surface area contributed by atoms with E-state index >= 15 is 0 Å². The molecule has 3 rings (SSSR count). The molecule has 1 atom stereocenters. The largest absolute Gasteiger partial charge is 0.506 e. The van der Waals surface area contributed by atoms with Gasteiger partial charge in [-0.1, -0.05) is 37.3 Å². The number of thioether (sulfide) groups is 1. The second-order valence-electron chi connectivity index (χ2n) is 7.54. The Bertz CT molecular complexity index is 1060. The molecule has 9 heteroatoms. The van der Waals surface area contributed by atoms with Crippen molar-refractivity contribution >= 4 is 61.0 Å². The quantitative estimate of drug-likeness (QED) is 0.325. The Morgan fingerprint density at radius 3 is 2.71 bits per heavy atom. The smallest absolute Gasteiger partial charge is 0.339 e. The van der Waals surface area contributed by atoms with Crippen molar-refractivity contribution < 1.29 is 19.1 Å². The predicted molar refractivity (Wildman–Crippen MR) is 132 cm³/mol. The van der Waals surface area contributed by atoms with E-state index in [1.54, 1.807) is 13.0 Å². The van der Waals surface area contributed by atoms with Crippen molar-refractivity contribution in [2.45, 2.75) is 45.3 Å². The van der Waals surface area contributed by atoms with Gasteiger partial charge in [0.2, 0.25) is 0 Å². The van der Waals surface area contributed by atoms with E-state index in [9.17, 15) is 14.7 Å². The lowest BCUT2D eigenvalue weighted by Gasteiger charge is -2.29. The number of nitrogens with zero attached hydrogens (tertiary/aromatic N) is 1. The van der Waals surface area contributed by atoms with Gasteiger partial charge in [0, 0.05) is 24.0 Å². The predicted octanol–water partition coefficient (Wildman–Crippen LogP) is 4.83. The van der Waals surface area contributed by atoms with Crippen molar-refractivity contribution in [3.63, 3.8) is 0 Å². The number of morpholine rings is 1. The number of Topliss-reactive ketones (excluding diaryl/α,β-unsaturated/α-hetero) is 1. The third-order valence-electron chi connectivity index (χ3n) is 5.45. The maximum atomic E-state index is 13.4. The zero-order valence-electron chi connectivity index (χ0n) is 17.8. The Hall–Kier alpha value is -1.42. The minimum atomic E-state index is -0.566. The fourth-order valence-corrected chi connectivity index (χ4v) is 5.48. The molecule has 0 bridgehead atoms. The van der Waals surface area contributed by atoms with Gasteiger partial charge in [0.25, 0.3) is 0 Å². The average molecular weight is 528 g/mol. The second-order valence-corrected chi connectivity index (χ2v) is 10.4. The summed E-state index contributed by atoms with van der Waals surface area (Å²) in [5.41, 5.74) is 1.06. The molecule has 0 saturated carbocycles. The van der Waals surface area contributed by atoms with E-state index < -0.39 is 10.9 Å². The minimum absolute atomic E-state index is 0.0106. The molecule has 1 aliphatic heterocycles. The van der Waals surface area contributed by atoms with Crippen LogP contribution in [0.3, 0.4) is 0 Å². The van der Waals surface area contributed by atoms with Crippen LogP contribution in [0.1, 0.15) is 48.2 Å². The maximum absolute atomic E-state index is 13.4. The zero-order valence-corrected chi connectivity index (χ0v) is 21.0. The number of rotatable bonds is 6. The molecule has 0 aliphatic carbocycles. The van der Waals surface area contributed by atoms with E-state index in [-0.39, 0.29) is 22.7 Å². The highest BCUT2D eigenvalue weighted by atomic mass is 79.9. The van der Waals surface area contributed by atoms with Gasteiger partial charge in [-0.05, 0) is 54.2 Å². The first-order chi connectivity index (χ1) is 14.8. The van der Waals surface area contributed by atoms with E-state index in [1.807, 2.05) is 11.8 Å². The van der Waals surface area contributed by atoms with Crippen LogP contribution in [0, 0.1) is 6.92 Å². The summed E-state index contributed by atoms with van der Waals surface area (Å²) < 4.78 is 11.9. The summed E-state index contributed by atoms with van der Waals surface area (Å²) in [6.45, 7) is 8.23. The Morgan fingerprint density at radius 1 is 1.39 bits per heavy atom. The fraction of sp³-hybridized carbons (Fsp3) is 0.500. The third-order valence-corrected chi connectivity index (χ3v) is 7.63. The number of aryl methyl sites for hydroxylation is 1. The van der Waals surface area contributed by atoms with Gasteiger partial charge in [-0.2, -0.15) is 0 Å². The van der Waals surface area contributed by atoms with E-state index in [0.717, 1.165) is 18.4 Å². The van der Waals surface area contributed by atoms with Crippen LogP contribution in [0.2, 0.25) is 0 Å². The highest BCUT2D eigenvalue weighted by Crippen LogP contribution is 2.38. The molecule has 1 aliphatic rings. The summed E-state index contributed by atoms with van der Waals surface area (Å²) in [6, 6.07) is 1.70. The lowest BCUT2D eigenvalue weighted by Crippen LogP contribution is -2.39. The number of carbonyl (C=O) groups is 1. The molecule has 1 fully saturated rings. The van der Waals surface area contributed by atoms with Gasteiger partial charge in [0.05, 0.1) is 22.9 Å². The fourth-order valence-electron chi connectivity index (χ4n) is 3.58. The molecule has 1 N–H and O–H groups in total. The topological polar surface area (TPSA) is 80.0 Å². The molecule has 6 nitrogen and oxygen atoms in total. The molecular weight excluding hydrogens is 502 g/mol. The number of carbonyl (C=O) groups excluding carboxylic acids is 1. The summed E-state index contributed by atoms with van der Waals surface area (Å²) in [7, 11) is 0. The zero-order chi connectivity index (χ0) is 22.7. The van der Waals surface area contributed by atoms with Crippen molar-refractivity contribution in [3.8, 4) is 5.75 Å². The van der Waals surface area contributed by atoms with Crippen molar-refractivity contribution in [1.29, 1.82) is 0 Å². The molecule has 1 aromatic heterocycles. The first-order valence-corrected chi connectivity index (χ1v) is 12.4. The number of phenolic OH excluding ortho intramolecular Hbond substituents is 1. The van der Waals surface area contributed by atoms with Crippen LogP contribution in [-0.4, -0.2) is 51.7 Å². The maximum Gasteiger partial charge on any atom is 0.339 e. The number of thiocarbonyl (C=S) groups is 1. The molecule has 31 heavy (non-hydrogen) atoms. The van der Waals surface area contributed by atoms with Crippen molar-refractivity contribution in [2.24, 2.45) is 0 Å². The number of halogens is 1. The summed E-state index contributed by atoms with van der Waals surface area (Å²) in [4.78, 5) is 28.0. The highest BCUT2D eigenvalue weighted by molar-refractivity contribution is 9.10. The lowest BCUT2D eigenvalue weighted by molar-refractivity contribution is 0.0702. The first-order valence-electron chi connectivity index (χ1n) is 10.3. The summed E-state index contributed by atoms with van der Waals surface area (Å²) in [6.07, 6.45) is 2.44. The van der Waals surface area contributed by atoms with Crippen LogP contribution in [0.5, 0.6) is 5.75 Å². The van der Waals surface area contributed by atoms with Crippen molar-refractivity contribution in [1.82, 2.24) is 4.90 Å². The SMILES string of the molecule is CCCCc1c(C)c2cc(Br)c(O)c(C(=O)C(C)SC(=S)N3CCOCC3)c2oc1=O. The second kappa shape index (κ2) is 10.5. The number of hydrogen-bond acceptors (Lipinski definition) is 7. The molecule has 2 aromatic rings. The number of fused-ring (bicyclic) bond motifs is 1. The lowest BCUT2D eigenvalue weighted by atomic mass is 9.97. The van der Waals surface area contributed by atoms with E-state index in [1.165, 1.54) is 11.8 Å². The third kappa shape index (κ3) is 5.16. The number of unbranched alkanes of at least 4 members (excludes halogenated alkanes) is 1. The molecule has 1 aromatic carbocycles. The number of phenols is 1. The van der Waals surface area contributed by atoms with Crippen molar-refractivity contribution in [2.75, 3.05) is 26.3 Å². The van der Waals surface area contributed by atoms with Gasteiger partial charge in [-0.25, -0.2) is 4.79 Å². The molecule has 2 heterocycles. The molecule has 1 unspecified atom stereocenters. The van der Waals surface area contributed by atoms with Gasteiger partial charge in [0.15, 0.2) is 11.4 Å². The van der Waals surface area contributed by atoms with Crippen molar-refractivity contribution in [3.05, 3.63) is 37.6 Å². The van der Waals surface area contributed by atoms with Gasteiger partial charge in [0.1, 0.15) is 15.6 Å². The Kier molecular flexibility index (Phi) is 8.18. The number of hydrogen-bond donors (Lipinski definition) is 1. The number of benzene rings is 1. The number of ketones is 1. The Labute approximate surface area is 199 Å². The van der Waals surface area contributed by atoms with Crippen LogP contribution < -0.4 is 5.63 Å². The van der Waals surface area contributed by atoms with Crippen LogP contribution in [0.15, 0.2) is 19.8 Å². The van der Waals surface area contributed by atoms with Gasteiger partial charge in [-0.15, -0.1) is 0 Å². The summed E-state index contributed by atoms with van der Waals surface area (Å²) in [5.74, 6) is -0.570. The van der Waals surface area contributed by atoms with E-state index in [0.29, 0.717) is 52.5 Å². The van der Waals surface area contributed by atoms with Gasteiger partial charge < -0.3 is 19.2 Å². The minimum Gasteiger partial charge on any atom is -0.506 e. The summed E-state index contributed by atoms with van der Waals surface area (Å²) in [5, 5.41) is 10.8. The standard InChI is InChI=1S/C22H26BrNO5S2/c1-4-5-6-14-12(2)15-11-16(23)19(26)17(20(15)29-21(14)27)18(25)13(3)31-22(30)24-7-9-28-10-8-24/h11,13,26H,4-10H2,1-3H3. The van der Waals surface area contributed by atoms with Crippen LogP contribution in [0.4, 0.5) is 0 Å². The van der Waals surface area contributed by atoms with Gasteiger partial charge in [-0.3, -0.25) is 4.79 Å². The molecule has 0 radical (unpaired) electrons. The van der Waals surface area contributed by atoms with E-state index in [2.05, 4.69) is 22.9 Å². The number of ether oxygens (including phenoxy) is 1. The van der Waals surface area contributed by atoms with Crippen LogP contribution in [-0.2, 0) is 11.2 Å². The summed E-state index contributed by atoms with van der Waals surface area (Å²) >= 11 is 10.1. The van der Waals surface area contributed by atoms with Crippen LogP contribution in [0.25, 0.3) is 11.0 Å². The molecule has 168 valence electrons. The number of aromatic hydroxyl groups is 1. The average Bonchev–Trinajstić information content (AvgIpc) is 2.75. The molecular formula is C22H26BrNO5S2. The normalized spacial score (nSPS) is 15.3. The highest BCUT2D eigenvalue weighted by Gasteiger charge is 2.29. The molecule has 0 spiro atoms. The first kappa shape index (κ1) is 24.2. The van der Waals surface area contributed by atoms with E-state index in [4.69, 9.17) is 21.4 Å². The molecule has 0 amide bonds. The monoisotopic (exact) mass is 527 g/mol. The van der Waals surface area contributed by atoms with Crippen LogP contribution >= 0.6 is 39.9 Å². The molecule has 1 saturated heterocycles.